The summed E-state index contributed by atoms with van der Waals surface area (Å²) in [6, 6.07) is 12.2. The van der Waals surface area contributed by atoms with E-state index in [2.05, 4.69) is 0 Å². The molecule has 6 heteroatoms. The van der Waals surface area contributed by atoms with Crippen LogP contribution in [0.5, 0.6) is 5.75 Å². The lowest BCUT2D eigenvalue weighted by atomic mass is 10.1. The van der Waals surface area contributed by atoms with Crippen molar-refractivity contribution < 1.29 is 19.4 Å². The fraction of sp³-hybridized carbons (Fsp3) is 0.278. The van der Waals surface area contributed by atoms with Crippen LogP contribution in [-0.2, 0) is 9.53 Å². The first-order valence-electron chi connectivity index (χ1n) is 7.49. The number of phenolic OH excluding ortho intramolecular Hbond substituents is 1. The van der Waals surface area contributed by atoms with Gasteiger partial charge in [0.25, 0.3) is 5.91 Å². The second-order valence-corrected chi connectivity index (χ2v) is 5.40. The number of amides is 1. The van der Waals surface area contributed by atoms with Crippen LogP contribution < -0.4 is 0 Å². The number of rotatable bonds is 5. The Labute approximate surface area is 139 Å². The van der Waals surface area contributed by atoms with Crippen LogP contribution in [0, 0.1) is 11.3 Å². The van der Waals surface area contributed by atoms with Gasteiger partial charge in [0.1, 0.15) is 11.3 Å². The Morgan fingerprint density at radius 1 is 1.29 bits per heavy atom. The Morgan fingerprint density at radius 3 is 2.71 bits per heavy atom. The van der Waals surface area contributed by atoms with Crippen LogP contribution in [0.25, 0.3) is 10.8 Å². The van der Waals surface area contributed by atoms with Gasteiger partial charge in [0.05, 0.1) is 12.5 Å². The number of hydrogen-bond donors (Lipinski definition) is 1. The number of ether oxygens (including phenoxy) is 1. The number of benzene rings is 2. The molecular formula is C18H18N2O4. The Kier molecular flexibility index (Phi) is 5.38. The Hall–Kier alpha value is -3.07. The standard InChI is InChI=1S/C18H18N2O4/c1-12(17(22)20(2)11-5-10-19)24-18(23)15-9-8-13-6-3-4-7-14(13)16(15)21/h3-4,6-9,12,21H,5,11H2,1-2H3/t12-/m0/s1. The number of aromatic hydroxyl groups is 1. The van der Waals surface area contributed by atoms with Crippen LogP contribution >= 0.6 is 0 Å². The predicted octanol–water partition coefficient (Wildman–Crippen LogP) is 2.46. The molecule has 0 aromatic heterocycles. The van der Waals surface area contributed by atoms with Crippen molar-refractivity contribution >= 4 is 22.6 Å². The lowest BCUT2D eigenvalue weighted by Crippen LogP contribution is -2.37. The second kappa shape index (κ2) is 7.47. The zero-order chi connectivity index (χ0) is 17.7. The highest BCUT2D eigenvalue weighted by Gasteiger charge is 2.24. The number of carbonyl (C=O) groups is 2. The van der Waals surface area contributed by atoms with Gasteiger partial charge in [0, 0.05) is 19.0 Å². The Bertz CT molecular complexity index is 810. The van der Waals surface area contributed by atoms with Gasteiger partial charge in [0.15, 0.2) is 6.10 Å². The minimum absolute atomic E-state index is 0.00743. The number of carbonyl (C=O) groups excluding carboxylic acids is 2. The van der Waals surface area contributed by atoms with E-state index in [0.717, 1.165) is 5.39 Å². The number of hydrogen-bond acceptors (Lipinski definition) is 5. The maximum atomic E-state index is 12.3. The molecule has 1 amide bonds. The largest absolute Gasteiger partial charge is 0.506 e. The van der Waals surface area contributed by atoms with E-state index >= 15 is 0 Å². The lowest BCUT2D eigenvalue weighted by Gasteiger charge is -2.20. The highest BCUT2D eigenvalue weighted by atomic mass is 16.5. The van der Waals surface area contributed by atoms with Gasteiger partial charge in [-0.2, -0.15) is 5.26 Å². The number of fused-ring (bicyclic) bond motifs is 1. The molecule has 0 saturated carbocycles. The summed E-state index contributed by atoms with van der Waals surface area (Å²) in [6.07, 6.45) is -0.805. The zero-order valence-corrected chi connectivity index (χ0v) is 13.5. The quantitative estimate of drug-likeness (QED) is 0.852. The van der Waals surface area contributed by atoms with Gasteiger partial charge in [-0.1, -0.05) is 30.3 Å². The molecule has 1 atom stereocenters. The van der Waals surface area contributed by atoms with Crippen molar-refractivity contribution in [2.24, 2.45) is 0 Å². The third-order valence-corrected chi connectivity index (χ3v) is 3.69. The summed E-state index contributed by atoms with van der Waals surface area (Å²) in [5.41, 5.74) is 0.00743. The molecule has 0 saturated heterocycles. The van der Waals surface area contributed by atoms with Crippen molar-refractivity contribution in [1.29, 1.82) is 5.26 Å². The van der Waals surface area contributed by atoms with Crippen molar-refractivity contribution in [3.8, 4) is 11.8 Å². The molecular weight excluding hydrogens is 308 g/mol. The molecule has 0 radical (unpaired) electrons. The average molecular weight is 326 g/mol. The third kappa shape index (κ3) is 3.63. The van der Waals surface area contributed by atoms with Gasteiger partial charge < -0.3 is 14.7 Å². The van der Waals surface area contributed by atoms with Crippen LogP contribution in [0.3, 0.4) is 0 Å². The molecule has 1 N–H and O–H groups in total. The van der Waals surface area contributed by atoms with Gasteiger partial charge in [0.2, 0.25) is 0 Å². The highest BCUT2D eigenvalue weighted by Crippen LogP contribution is 2.29. The maximum absolute atomic E-state index is 12.3. The zero-order valence-electron chi connectivity index (χ0n) is 13.5. The van der Waals surface area contributed by atoms with Crippen molar-refractivity contribution in [1.82, 2.24) is 4.90 Å². The molecule has 0 heterocycles. The van der Waals surface area contributed by atoms with Crippen molar-refractivity contribution in [3.63, 3.8) is 0 Å². The molecule has 0 aliphatic carbocycles. The predicted molar refractivity (Wildman–Crippen MR) is 88.4 cm³/mol. The lowest BCUT2D eigenvalue weighted by molar-refractivity contribution is -0.138. The molecule has 0 bridgehead atoms. The minimum atomic E-state index is -1.01. The van der Waals surface area contributed by atoms with Crippen molar-refractivity contribution in [2.75, 3.05) is 13.6 Å². The molecule has 0 unspecified atom stereocenters. The van der Waals surface area contributed by atoms with Gasteiger partial charge >= 0.3 is 5.97 Å². The van der Waals surface area contributed by atoms with Crippen molar-refractivity contribution in [2.45, 2.75) is 19.4 Å². The molecule has 6 nitrogen and oxygen atoms in total. The monoisotopic (exact) mass is 326 g/mol. The molecule has 2 aromatic carbocycles. The topological polar surface area (TPSA) is 90.6 Å². The normalized spacial score (nSPS) is 11.5. The smallest absolute Gasteiger partial charge is 0.342 e. The summed E-state index contributed by atoms with van der Waals surface area (Å²) in [4.78, 5) is 25.7. The van der Waals surface area contributed by atoms with Gasteiger partial charge in [-0.05, 0) is 18.4 Å². The van der Waals surface area contributed by atoms with E-state index < -0.39 is 18.0 Å². The molecule has 0 fully saturated rings. The van der Waals surface area contributed by atoms with Gasteiger partial charge in [-0.3, -0.25) is 4.79 Å². The van der Waals surface area contributed by atoms with Crippen LogP contribution in [-0.4, -0.2) is 41.6 Å². The van der Waals surface area contributed by atoms with E-state index in [9.17, 15) is 14.7 Å². The van der Waals surface area contributed by atoms with Crippen LogP contribution in [0.2, 0.25) is 0 Å². The third-order valence-electron chi connectivity index (χ3n) is 3.69. The maximum Gasteiger partial charge on any atom is 0.342 e. The van der Waals surface area contributed by atoms with Gasteiger partial charge in [-0.25, -0.2) is 4.79 Å². The highest BCUT2D eigenvalue weighted by molar-refractivity contribution is 6.01. The molecule has 0 aliphatic heterocycles. The SMILES string of the molecule is C[C@H](OC(=O)c1ccc2ccccc2c1O)C(=O)N(C)CCC#N. The average Bonchev–Trinajstić information content (AvgIpc) is 2.59. The minimum Gasteiger partial charge on any atom is -0.506 e. The fourth-order valence-electron chi connectivity index (χ4n) is 2.33. The summed E-state index contributed by atoms with van der Waals surface area (Å²) in [5, 5.41) is 20.1. The number of phenols is 1. The van der Waals surface area contributed by atoms with Crippen LogP contribution in [0.15, 0.2) is 36.4 Å². The van der Waals surface area contributed by atoms with Crippen LogP contribution in [0.4, 0.5) is 0 Å². The summed E-state index contributed by atoms with van der Waals surface area (Å²) in [6.45, 7) is 1.72. The summed E-state index contributed by atoms with van der Waals surface area (Å²) in [5.74, 6) is -1.35. The van der Waals surface area contributed by atoms with E-state index in [4.69, 9.17) is 10.00 Å². The summed E-state index contributed by atoms with van der Waals surface area (Å²) < 4.78 is 5.16. The second-order valence-electron chi connectivity index (χ2n) is 5.40. The first-order chi connectivity index (χ1) is 11.5. The Morgan fingerprint density at radius 2 is 2.00 bits per heavy atom. The Balaban J connectivity index is 2.14. The fourth-order valence-corrected chi connectivity index (χ4v) is 2.33. The number of nitriles is 1. The number of likely N-dealkylation sites (N-methyl/N-ethyl adjacent to an activating group) is 1. The first-order valence-corrected chi connectivity index (χ1v) is 7.49. The molecule has 0 aliphatic rings. The van der Waals surface area contributed by atoms with E-state index in [0.29, 0.717) is 5.39 Å². The van der Waals surface area contributed by atoms with Gasteiger partial charge in [-0.15, -0.1) is 0 Å². The van der Waals surface area contributed by atoms with Crippen molar-refractivity contribution in [3.05, 3.63) is 42.0 Å². The van der Waals surface area contributed by atoms with E-state index in [1.807, 2.05) is 18.2 Å². The van der Waals surface area contributed by atoms with E-state index in [-0.39, 0.29) is 24.3 Å². The number of esters is 1. The van der Waals surface area contributed by atoms with E-state index in [1.54, 1.807) is 18.2 Å². The van der Waals surface area contributed by atoms with Crippen LogP contribution in [0.1, 0.15) is 23.7 Å². The molecule has 0 spiro atoms. The number of nitrogens with zero attached hydrogens (tertiary/aromatic N) is 2. The molecule has 2 aromatic rings. The summed E-state index contributed by atoms with van der Waals surface area (Å²) in [7, 11) is 1.54. The summed E-state index contributed by atoms with van der Waals surface area (Å²) >= 11 is 0. The molecule has 124 valence electrons. The molecule has 24 heavy (non-hydrogen) atoms. The van der Waals surface area contributed by atoms with E-state index in [1.165, 1.54) is 24.9 Å². The first kappa shape index (κ1) is 17.3. The molecule has 2 rings (SSSR count).